The summed E-state index contributed by atoms with van der Waals surface area (Å²) in [6, 6.07) is 6.02. The first-order valence-corrected chi connectivity index (χ1v) is 8.87. The van der Waals surface area contributed by atoms with Gasteiger partial charge in [-0.25, -0.2) is 0 Å². The van der Waals surface area contributed by atoms with E-state index < -0.39 is 0 Å². The number of guanidine groups is 1. The number of amidine groups is 1. The summed E-state index contributed by atoms with van der Waals surface area (Å²) in [5.74, 6) is 0.0730. The summed E-state index contributed by atoms with van der Waals surface area (Å²) in [7, 11) is 0. The molecule has 2 aliphatic rings. The van der Waals surface area contributed by atoms with Gasteiger partial charge in [-0.3, -0.25) is 15.5 Å². The maximum absolute atomic E-state index is 12.4. The van der Waals surface area contributed by atoms with E-state index in [0.717, 1.165) is 24.2 Å². The first-order chi connectivity index (χ1) is 12.5. The van der Waals surface area contributed by atoms with Gasteiger partial charge in [-0.05, 0) is 38.8 Å². The smallest absolute Gasteiger partial charge is 0.263 e. The van der Waals surface area contributed by atoms with Crippen molar-refractivity contribution in [3.8, 4) is 0 Å². The van der Waals surface area contributed by atoms with Crippen LogP contribution in [0.5, 0.6) is 0 Å². The molecule has 26 heavy (non-hydrogen) atoms. The lowest BCUT2D eigenvalue weighted by Crippen LogP contribution is -2.48. The Bertz CT molecular complexity index is 784. The van der Waals surface area contributed by atoms with E-state index in [1.54, 1.807) is 6.20 Å². The van der Waals surface area contributed by atoms with Crippen molar-refractivity contribution in [2.24, 2.45) is 4.99 Å². The summed E-state index contributed by atoms with van der Waals surface area (Å²) < 4.78 is 5.62. The Labute approximate surface area is 153 Å². The molecule has 2 heterocycles. The number of carbonyl (C=O) groups excluding carboxylic acids is 1. The molecule has 2 aliphatic heterocycles. The number of hydrogen-bond acceptors (Lipinski definition) is 5. The summed E-state index contributed by atoms with van der Waals surface area (Å²) in [6.07, 6.45) is 2.59. The number of aryl methyl sites for hydroxylation is 2. The predicted octanol–water partition coefficient (Wildman–Crippen LogP) is 2.17. The van der Waals surface area contributed by atoms with Gasteiger partial charge < -0.3 is 15.0 Å². The lowest BCUT2D eigenvalue weighted by atomic mass is 10.1. The van der Waals surface area contributed by atoms with Crippen LogP contribution in [0.3, 0.4) is 0 Å². The molecule has 1 saturated heterocycles. The molecule has 138 valence electrons. The molecule has 1 aromatic carbocycles. The summed E-state index contributed by atoms with van der Waals surface area (Å²) >= 11 is 0. The number of ether oxygens (including phenoxy) is 1. The van der Waals surface area contributed by atoms with Crippen LogP contribution in [0.15, 0.2) is 35.0 Å². The molecule has 0 radical (unpaired) electrons. The summed E-state index contributed by atoms with van der Waals surface area (Å²) in [5, 5.41) is 14.0. The van der Waals surface area contributed by atoms with Crippen LogP contribution in [0.25, 0.3) is 0 Å². The molecule has 1 atom stereocenters. The summed E-state index contributed by atoms with van der Waals surface area (Å²) in [6.45, 7) is 8.11. The zero-order chi connectivity index (χ0) is 18.7. The van der Waals surface area contributed by atoms with Crippen LogP contribution >= 0.6 is 0 Å². The number of hydrogen-bond donors (Lipinski definition) is 3. The second-order valence-electron chi connectivity index (χ2n) is 6.57. The zero-order valence-corrected chi connectivity index (χ0v) is 15.4. The number of amides is 1. The molecular formula is C19H25N5O2. The third kappa shape index (κ3) is 3.94. The molecule has 3 rings (SSSR count). The third-order valence-corrected chi connectivity index (χ3v) is 4.54. The number of rotatable bonds is 4. The number of nitrogens with zero attached hydrogens (tertiary/aromatic N) is 2. The third-order valence-electron chi connectivity index (χ3n) is 4.54. The van der Waals surface area contributed by atoms with Gasteiger partial charge >= 0.3 is 0 Å². The van der Waals surface area contributed by atoms with Crippen LogP contribution in [0, 0.1) is 19.3 Å². The minimum Gasteiger partial charge on any atom is -0.377 e. The average molecular weight is 355 g/mol. The van der Waals surface area contributed by atoms with Crippen molar-refractivity contribution in [3.05, 3.63) is 41.1 Å². The fraction of sp³-hybridized carbons (Fsp3) is 0.421. The maximum atomic E-state index is 12.4. The van der Waals surface area contributed by atoms with Gasteiger partial charge in [0.1, 0.15) is 0 Å². The van der Waals surface area contributed by atoms with Gasteiger partial charge in [-0.15, -0.1) is 0 Å². The van der Waals surface area contributed by atoms with Crippen LogP contribution in [0.4, 0.5) is 5.69 Å². The Morgan fingerprint density at radius 3 is 2.96 bits per heavy atom. The van der Waals surface area contributed by atoms with Crippen LogP contribution < -0.4 is 10.6 Å². The van der Waals surface area contributed by atoms with Gasteiger partial charge in [0, 0.05) is 31.6 Å². The van der Waals surface area contributed by atoms with Crippen LogP contribution in [0.1, 0.15) is 24.5 Å². The highest BCUT2D eigenvalue weighted by Crippen LogP contribution is 2.18. The lowest BCUT2D eigenvalue weighted by molar-refractivity contribution is -0.116. The first-order valence-electron chi connectivity index (χ1n) is 8.87. The number of likely N-dealkylation sites (tertiary alicyclic amines) is 1. The average Bonchev–Trinajstić information content (AvgIpc) is 3.04. The van der Waals surface area contributed by atoms with Crippen molar-refractivity contribution in [2.75, 3.05) is 25.0 Å². The molecule has 0 aromatic heterocycles. The number of carbonyl (C=O) groups is 1. The molecule has 7 nitrogen and oxygen atoms in total. The second kappa shape index (κ2) is 7.70. The van der Waals surface area contributed by atoms with Gasteiger partial charge in [0.2, 0.25) is 5.96 Å². The number of nitrogens with one attached hydrogen (secondary N) is 3. The number of aliphatic imine (C=N–C) groups is 1. The van der Waals surface area contributed by atoms with Crippen molar-refractivity contribution in [3.63, 3.8) is 0 Å². The van der Waals surface area contributed by atoms with Crippen molar-refractivity contribution < 1.29 is 9.53 Å². The Kier molecular flexibility index (Phi) is 5.37. The number of benzene rings is 1. The van der Waals surface area contributed by atoms with Crippen molar-refractivity contribution in [2.45, 2.75) is 33.3 Å². The van der Waals surface area contributed by atoms with Gasteiger partial charge in [-0.1, -0.05) is 17.7 Å². The Balaban J connectivity index is 1.70. The minimum absolute atomic E-state index is 0.0409. The molecule has 7 heteroatoms. The summed E-state index contributed by atoms with van der Waals surface area (Å²) in [5.41, 5.74) is 3.37. The molecule has 1 fully saturated rings. The van der Waals surface area contributed by atoms with Crippen LogP contribution in [-0.4, -0.2) is 48.4 Å². The highest BCUT2D eigenvalue weighted by atomic mass is 16.5. The minimum atomic E-state index is -0.322. The fourth-order valence-corrected chi connectivity index (χ4v) is 3.17. The largest absolute Gasteiger partial charge is 0.377 e. The Morgan fingerprint density at radius 1 is 1.46 bits per heavy atom. The van der Waals surface area contributed by atoms with E-state index in [9.17, 15) is 4.79 Å². The molecular weight excluding hydrogens is 330 g/mol. The highest BCUT2D eigenvalue weighted by Gasteiger charge is 2.30. The van der Waals surface area contributed by atoms with Crippen molar-refractivity contribution in [1.29, 1.82) is 5.41 Å². The number of anilines is 1. The van der Waals surface area contributed by atoms with Gasteiger partial charge in [-0.2, -0.15) is 4.99 Å². The molecule has 0 saturated carbocycles. The van der Waals surface area contributed by atoms with Crippen LogP contribution in [0.2, 0.25) is 0 Å². The lowest BCUT2D eigenvalue weighted by Gasteiger charge is -2.24. The predicted molar refractivity (Wildman–Crippen MR) is 103 cm³/mol. The topological polar surface area (TPSA) is 89.8 Å². The maximum Gasteiger partial charge on any atom is 0.263 e. The van der Waals surface area contributed by atoms with Gasteiger partial charge in [0.15, 0.2) is 5.84 Å². The SMILES string of the molecule is CCOC1CCN(C2=NC(=N)/C(=C\Nc3ccc(C)cc3C)C(=O)N2)C1. The van der Waals surface area contributed by atoms with E-state index in [0.29, 0.717) is 19.1 Å². The van der Waals surface area contributed by atoms with E-state index >= 15 is 0 Å². The Morgan fingerprint density at radius 2 is 2.27 bits per heavy atom. The molecule has 0 bridgehead atoms. The van der Waals surface area contributed by atoms with E-state index in [4.69, 9.17) is 10.1 Å². The van der Waals surface area contributed by atoms with Gasteiger partial charge in [0.05, 0.1) is 11.7 Å². The second-order valence-corrected chi connectivity index (χ2v) is 6.57. The molecule has 1 aromatic rings. The first kappa shape index (κ1) is 18.1. The molecule has 3 N–H and O–H groups in total. The Hall–Kier alpha value is -2.67. The van der Waals surface area contributed by atoms with Gasteiger partial charge in [0.25, 0.3) is 5.91 Å². The molecule has 0 aliphatic carbocycles. The highest BCUT2D eigenvalue weighted by molar-refractivity contribution is 6.28. The van der Waals surface area contributed by atoms with E-state index in [1.807, 2.05) is 37.8 Å². The molecule has 1 unspecified atom stereocenters. The summed E-state index contributed by atoms with van der Waals surface area (Å²) in [4.78, 5) is 18.7. The standard InChI is InChI=1S/C19H25N5O2/c1-4-26-14-7-8-24(11-14)19-22-17(20)15(18(25)23-19)10-21-16-6-5-12(2)9-13(16)3/h5-6,9-10,14,21H,4,7-8,11H2,1-3H3,(H2,20,22,23,25)/b15-10+. The van der Waals surface area contributed by atoms with Crippen LogP contribution in [-0.2, 0) is 9.53 Å². The zero-order valence-electron chi connectivity index (χ0n) is 15.4. The quantitative estimate of drug-likeness (QED) is 0.722. The van der Waals surface area contributed by atoms with E-state index in [-0.39, 0.29) is 23.4 Å². The van der Waals surface area contributed by atoms with Crippen molar-refractivity contribution in [1.82, 2.24) is 10.2 Å². The molecule has 0 spiro atoms. The van der Waals surface area contributed by atoms with E-state index in [2.05, 4.69) is 21.7 Å². The molecule has 1 amide bonds. The fourth-order valence-electron chi connectivity index (χ4n) is 3.17. The monoisotopic (exact) mass is 355 g/mol. The van der Waals surface area contributed by atoms with Crippen molar-refractivity contribution >= 4 is 23.4 Å². The van der Waals surface area contributed by atoms with E-state index in [1.165, 1.54) is 5.56 Å². The normalized spacial score (nSPS) is 21.8.